The molecule has 1 saturated heterocycles. The van der Waals surface area contributed by atoms with Gasteiger partial charge in [-0.2, -0.15) is 0 Å². The van der Waals surface area contributed by atoms with Crippen LogP contribution in [0.15, 0.2) is 41.3 Å². The van der Waals surface area contributed by atoms with Crippen molar-refractivity contribution < 1.29 is 27.8 Å². The van der Waals surface area contributed by atoms with Crippen LogP contribution < -0.4 is 14.4 Å². The molecule has 1 aliphatic heterocycles. The number of aliphatic hydroxyl groups is 1. The number of ether oxygens (including phenoxy) is 2. The summed E-state index contributed by atoms with van der Waals surface area (Å²) in [6.07, 6.45) is 1.85. The van der Waals surface area contributed by atoms with E-state index in [0.717, 1.165) is 37.2 Å². The summed E-state index contributed by atoms with van der Waals surface area (Å²) in [6.45, 7) is 9.55. The SMILES string of the molecule is CC(=O)NCc1ccc(N(CC(C)C)S(=O)(=O)c2ccc(OCC3CCOCC3)c(CO)c2)c(C)c1. The number of aryl methyl sites for hydroxylation is 1. The first kappa shape index (κ1) is 28.0. The summed E-state index contributed by atoms with van der Waals surface area (Å²) in [6, 6.07) is 10.2. The molecule has 8 nitrogen and oxygen atoms in total. The molecule has 1 heterocycles. The number of hydrogen-bond donors (Lipinski definition) is 2. The van der Waals surface area contributed by atoms with Crippen molar-refractivity contribution in [2.75, 3.05) is 30.7 Å². The lowest BCUT2D eigenvalue weighted by atomic mass is 10.0. The van der Waals surface area contributed by atoms with Gasteiger partial charge in [0.25, 0.3) is 10.0 Å². The first-order valence-electron chi connectivity index (χ1n) is 12.4. The van der Waals surface area contributed by atoms with Crippen LogP contribution in [0, 0.1) is 18.8 Å². The van der Waals surface area contributed by atoms with E-state index in [-0.39, 0.29) is 23.3 Å². The zero-order valence-corrected chi connectivity index (χ0v) is 22.4. The maximum Gasteiger partial charge on any atom is 0.264 e. The molecule has 2 aromatic rings. The molecule has 1 amide bonds. The third-order valence-electron chi connectivity index (χ3n) is 6.21. The number of hydrogen-bond acceptors (Lipinski definition) is 6. The highest BCUT2D eigenvalue weighted by molar-refractivity contribution is 7.92. The van der Waals surface area contributed by atoms with Gasteiger partial charge in [-0.3, -0.25) is 9.10 Å². The van der Waals surface area contributed by atoms with Gasteiger partial charge in [0.05, 0.1) is 23.8 Å². The number of nitrogens with one attached hydrogen (secondary N) is 1. The van der Waals surface area contributed by atoms with Crippen molar-refractivity contribution in [3.8, 4) is 5.75 Å². The third-order valence-corrected chi connectivity index (χ3v) is 7.98. The maximum atomic E-state index is 13.8. The predicted molar refractivity (Wildman–Crippen MR) is 139 cm³/mol. The molecule has 0 unspecified atom stereocenters. The summed E-state index contributed by atoms with van der Waals surface area (Å²) < 4.78 is 40.5. The number of carbonyl (C=O) groups is 1. The van der Waals surface area contributed by atoms with E-state index in [1.165, 1.54) is 17.3 Å². The molecule has 1 fully saturated rings. The highest BCUT2D eigenvalue weighted by Gasteiger charge is 2.28. The van der Waals surface area contributed by atoms with Gasteiger partial charge in [0.15, 0.2) is 0 Å². The molecular weight excluding hydrogens is 480 g/mol. The first-order valence-corrected chi connectivity index (χ1v) is 13.9. The van der Waals surface area contributed by atoms with E-state index < -0.39 is 10.0 Å². The van der Waals surface area contributed by atoms with Crippen molar-refractivity contribution in [1.82, 2.24) is 5.32 Å². The lowest BCUT2D eigenvalue weighted by Crippen LogP contribution is -2.35. The molecule has 0 atom stereocenters. The average molecular weight is 519 g/mol. The van der Waals surface area contributed by atoms with Crippen molar-refractivity contribution in [3.63, 3.8) is 0 Å². The second-order valence-corrected chi connectivity index (χ2v) is 11.6. The van der Waals surface area contributed by atoms with Gasteiger partial charge in [-0.15, -0.1) is 0 Å². The van der Waals surface area contributed by atoms with Crippen molar-refractivity contribution >= 4 is 21.6 Å². The van der Waals surface area contributed by atoms with Crippen LogP contribution in [0.4, 0.5) is 5.69 Å². The molecule has 1 aliphatic rings. The molecule has 36 heavy (non-hydrogen) atoms. The standard InChI is InChI=1S/C27H38N2O6S/c1-19(2)16-29(26-7-5-23(13-20(26)3)15-28-21(4)31)36(32,33)25-6-8-27(24(14-25)17-30)35-18-22-9-11-34-12-10-22/h5-8,13-14,19,22,30H,9-12,15-18H2,1-4H3,(H,28,31). The number of aliphatic hydroxyl groups excluding tert-OH is 1. The van der Waals surface area contributed by atoms with Crippen LogP contribution in [-0.2, 0) is 32.7 Å². The monoisotopic (exact) mass is 518 g/mol. The maximum absolute atomic E-state index is 13.8. The fourth-order valence-electron chi connectivity index (χ4n) is 4.22. The van der Waals surface area contributed by atoms with Crippen LogP contribution in [0.25, 0.3) is 0 Å². The Kier molecular flexibility index (Phi) is 9.76. The zero-order chi connectivity index (χ0) is 26.3. The molecule has 0 bridgehead atoms. The Morgan fingerprint density at radius 2 is 1.92 bits per heavy atom. The Labute approximate surface area is 214 Å². The van der Waals surface area contributed by atoms with E-state index in [1.807, 2.05) is 32.9 Å². The molecule has 3 rings (SSSR count). The Balaban J connectivity index is 1.88. The van der Waals surface area contributed by atoms with Crippen LogP contribution in [0.1, 0.15) is 50.3 Å². The summed E-state index contributed by atoms with van der Waals surface area (Å²) in [5, 5.41) is 12.7. The summed E-state index contributed by atoms with van der Waals surface area (Å²) in [5.74, 6) is 0.835. The van der Waals surface area contributed by atoms with Crippen molar-refractivity contribution in [1.29, 1.82) is 0 Å². The second-order valence-electron chi connectivity index (χ2n) is 9.75. The van der Waals surface area contributed by atoms with E-state index in [1.54, 1.807) is 18.2 Å². The number of carbonyl (C=O) groups excluding carboxylic acids is 1. The summed E-state index contributed by atoms with van der Waals surface area (Å²) >= 11 is 0. The van der Waals surface area contributed by atoms with Gasteiger partial charge in [-0.1, -0.05) is 26.0 Å². The number of nitrogens with zero attached hydrogens (tertiary/aromatic N) is 1. The molecule has 0 spiro atoms. The van der Waals surface area contributed by atoms with Crippen LogP contribution >= 0.6 is 0 Å². The Morgan fingerprint density at radius 1 is 1.19 bits per heavy atom. The number of rotatable bonds is 11. The molecule has 0 aliphatic carbocycles. The van der Waals surface area contributed by atoms with Gasteiger partial charge in [-0.05, 0) is 67.0 Å². The highest BCUT2D eigenvalue weighted by Crippen LogP contribution is 2.31. The molecule has 0 aromatic heterocycles. The molecule has 2 N–H and O–H groups in total. The second kappa shape index (κ2) is 12.6. The third kappa shape index (κ3) is 7.21. The van der Waals surface area contributed by atoms with Crippen LogP contribution in [-0.4, -0.2) is 45.8 Å². The minimum absolute atomic E-state index is 0.0811. The molecule has 9 heteroatoms. The lowest BCUT2D eigenvalue weighted by Gasteiger charge is -2.28. The molecular formula is C27H38N2O6S. The van der Waals surface area contributed by atoms with Crippen LogP contribution in [0.2, 0.25) is 0 Å². The highest BCUT2D eigenvalue weighted by atomic mass is 32.2. The first-order chi connectivity index (χ1) is 17.1. The fraction of sp³-hybridized carbons (Fsp3) is 0.519. The van der Waals surface area contributed by atoms with Gasteiger partial charge in [0.2, 0.25) is 5.91 Å². The molecule has 0 saturated carbocycles. The predicted octanol–water partition coefficient (Wildman–Crippen LogP) is 3.78. The van der Waals surface area contributed by atoms with Gasteiger partial charge >= 0.3 is 0 Å². The van der Waals surface area contributed by atoms with Gasteiger partial charge in [0, 0.05) is 38.8 Å². The van der Waals surface area contributed by atoms with E-state index >= 15 is 0 Å². The van der Waals surface area contributed by atoms with Crippen molar-refractivity contribution in [2.24, 2.45) is 11.8 Å². The smallest absolute Gasteiger partial charge is 0.264 e. The lowest BCUT2D eigenvalue weighted by molar-refractivity contribution is -0.119. The topological polar surface area (TPSA) is 105 Å². The van der Waals surface area contributed by atoms with Crippen molar-refractivity contribution in [3.05, 3.63) is 53.1 Å². The molecule has 2 aromatic carbocycles. The van der Waals surface area contributed by atoms with Crippen LogP contribution in [0.3, 0.4) is 0 Å². The largest absolute Gasteiger partial charge is 0.493 e. The van der Waals surface area contributed by atoms with E-state index in [2.05, 4.69) is 5.32 Å². The normalized spacial score (nSPS) is 14.6. The van der Waals surface area contributed by atoms with Gasteiger partial charge in [-0.25, -0.2) is 8.42 Å². The summed E-state index contributed by atoms with van der Waals surface area (Å²) in [5.41, 5.74) is 2.71. The Morgan fingerprint density at radius 3 is 2.53 bits per heavy atom. The van der Waals surface area contributed by atoms with Crippen molar-refractivity contribution in [2.45, 2.75) is 58.6 Å². The number of sulfonamides is 1. The average Bonchev–Trinajstić information content (AvgIpc) is 2.85. The number of anilines is 1. The zero-order valence-electron chi connectivity index (χ0n) is 21.6. The van der Waals surface area contributed by atoms with E-state index in [9.17, 15) is 18.3 Å². The Hall–Kier alpha value is -2.62. The summed E-state index contributed by atoms with van der Waals surface area (Å²) in [4.78, 5) is 11.4. The minimum atomic E-state index is -3.91. The van der Waals surface area contributed by atoms with Gasteiger partial charge < -0.3 is 19.9 Å². The fourth-order valence-corrected chi connectivity index (χ4v) is 5.96. The number of amides is 1. The molecule has 198 valence electrons. The van der Waals surface area contributed by atoms with E-state index in [4.69, 9.17) is 9.47 Å². The quantitative estimate of drug-likeness (QED) is 0.469. The Bertz CT molecular complexity index is 1140. The van der Waals surface area contributed by atoms with Gasteiger partial charge in [0.1, 0.15) is 5.75 Å². The van der Waals surface area contributed by atoms with Crippen LogP contribution in [0.5, 0.6) is 5.75 Å². The minimum Gasteiger partial charge on any atom is -0.493 e. The van der Waals surface area contributed by atoms with E-state index in [0.29, 0.717) is 42.6 Å². The summed E-state index contributed by atoms with van der Waals surface area (Å²) in [7, 11) is -3.91. The number of benzene rings is 2. The molecule has 0 radical (unpaired) electrons.